The summed E-state index contributed by atoms with van der Waals surface area (Å²) in [4.78, 5) is 42.6. The molecule has 0 spiro atoms. The van der Waals surface area contributed by atoms with Crippen LogP contribution in [0.2, 0.25) is 5.02 Å². The van der Waals surface area contributed by atoms with Crippen LogP contribution in [0.25, 0.3) is 28.9 Å². The van der Waals surface area contributed by atoms with Crippen molar-refractivity contribution in [2.45, 2.75) is 121 Å². The van der Waals surface area contributed by atoms with Gasteiger partial charge in [-0.25, -0.2) is 38.1 Å². The number of fused-ring (bicyclic) bond motifs is 5. The Balaban J connectivity index is 0.000000125. The molecule has 0 radical (unpaired) electrons. The molecule has 26 nitrogen and oxygen atoms in total. The molecular formula is C75H77ClF5N25O. The molecular weight excluding hydrogens is 1400 g/mol. The van der Waals surface area contributed by atoms with Gasteiger partial charge in [0.05, 0.1) is 11.6 Å². The quantitative estimate of drug-likeness (QED) is 0.0562. The Hall–Kier alpha value is -12.4. The molecule has 10 heterocycles. The maximum Gasteiger partial charge on any atom is 0.337 e. The van der Waals surface area contributed by atoms with Gasteiger partial charge in [-0.05, 0) is 160 Å². The molecule has 16 rings (SSSR count). The van der Waals surface area contributed by atoms with E-state index in [1.807, 2.05) is 108 Å². The van der Waals surface area contributed by atoms with Gasteiger partial charge >= 0.3 is 11.9 Å². The van der Waals surface area contributed by atoms with Crippen LogP contribution in [-0.2, 0) is 12.3 Å². The second kappa shape index (κ2) is 31.9. The molecule has 550 valence electrons. The first kappa shape index (κ1) is 74.3. The van der Waals surface area contributed by atoms with E-state index in [-0.39, 0.29) is 22.3 Å². The zero-order chi connectivity index (χ0) is 76.0. The fourth-order valence-corrected chi connectivity index (χ4v) is 10.8. The maximum atomic E-state index is 13.7. The monoisotopic (exact) mass is 1470 g/mol. The summed E-state index contributed by atoms with van der Waals surface area (Å²) in [5.74, 6) is 2.87. The van der Waals surface area contributed by atoms with Crippen LogP contribution in [0.5, 0.6) is 6.01 Å². The number of nitrogens with zero attached hydrogens (tertiary/aromatic N) is 20. The van der Waals surface area contributed by atoms with Gasteiger partial charge in [-0.2, -0.15) is 61.4 Å². The molecule has 0 bridgehead atoms. The summed E-state index contributed by atoms with van der Waals surface area (Å²) in [5, 5.41) is 37.3. The van der Waals surface area contributed by atoms with Gasteiger partial charge in [-0.1, -0.05) is 73.0 Å². The smallest absolute Gasteiger partial charge is 0.337 e. The Bertz CT molecular complexity index is 5650. The van der Waals surface area contributed by atoms with Gasteiger partial charge in [0.25, 0.3) is 28.9 Å². The normalized spacial score (nSPS) is 11.9. The second-order valence-corrected chi connectivity index (χ2v) is 26.5. The predicted octanol–water partition coefficient (Wildman–Crippen LogP) is 16.8. The number of rotatable bonds is 16. The Morgan fingerprint density at radius 3 is 1.43 bits per heavy atom. The SMILES string of the molecule is CCOc1nc2nc(C)cc(Nc3ccc(C)cc3)n2n1.Cc1cc(Nc2cc(F)c(C)c(F)c2)n2nc(C(C)C)nc2n1.Cc1cc(Nc2ccc(Cl)c(F)c2)n2ncnc2n1.Cc1ccc(Nc2cc(C)nc3nc(CC4CC4)nn23)cc1.Cc1cccc(Nc2cc(C)nc3nc(C(C)(F)F)nn23)c1. The molecule has 15 aromatic rings. The minimum atomic E-state index is -3.11. The Kier molecular flexibility index (Phi) is 22.2. The number of ether oxygens (including phenoxy) is 1. The van der Waals surface area contributed by atoms with E-state index in [2.05, 4.69) is 152 Å². The third kappa shape index (κ3) is 18.8. The standard InChI is InChI=1S/C17H19N5.C16H17F2N5.C15H15F2N5.C15H17N5O.C12H9ClFN5/c1-11-3-7-14(8-4-11)19-16-9-12(2)18-17-20-15(21-22(16)17)10-13-5-6-13;1-8(2)15-21-16-19-9(3)5-14(23(16)22-15)20-11-6-12(17)10(4)13(18)7-11;1-9-5-4-6-11(7-9)19-12-8-10(2)18-14-20-13(15(3,16)17)21-22(12)14;1-4-21-15-18-14-16-11(3)9-13(20(14)19-15)17-12-7-5-10(2)6-8-12;1-7-4-11(19-12(17-7)15-6-16-19)18-8-2-3-9(13)10(14)5-8/h3-4,7-9,13,19H,5-6,10H2,1-2H3;5-8,20H,1-4H3;4-8,19H,1-3H3;5-9,17H,4H2,1-3H3;2-6,18H,1H3. The van der Waals surface area contributed by atoms with Gasteiger partial charge in [-0.15, -0.1) is 20.4 Å². The average Bonchev–Trinajstić information content (AvgIpc) is 1.73. The van der Waals surface area contributed by atoms with Crippen LogP contribution in [0, 0.1) is 85.7 Å². The van der Waals surface area contributed by atoms with Crippen molar-refractivity contribution in [3.05, 3.63) is 230 Å². The maximum absolute atomic E-state index is 13.7. The summed E-state index contributed by atoms with van der Waals surface area (Å²) in [6.07, 6.45) is 4.98. The van der Waals surface area contributed by atoms with Crippen molar-refractivity contribution in [3.63, 3.8) is 0 Å². The lowest BCUT2D eigenvalue weighted by molar-refractivity contribution is 0.00799. The Morgan fingerprint density at radius 2 is 0.916 bits per heavy atom. The number of halogens is 6. The first-order valence-corrected chi connectivity index (χ1v) is 34.6. The van der Waals surface area contributed by atoms with Gasteiger partial charge in [-0.3, -0.25) is 0 Å². The highest BCUT2D eigenvalue weighted by Gasteiger charge is 2.31. The number of nitrogens with one attached hydrogen (secondary N) is 5. The zero-order valence-electron chi connectivity index (χ0n) is 60.9. The lowest BCUT2D eigenvalue weighted by Crippen LogP contribution is -2.10. The number of aryl methyl sites for hydroxylation is 8. The summed E-state index contributed by atoms with van der Waals surface area (Å²) in [6.45, 7) is 24.0. The third-order valence-electron chi connectivity index (χ3n) is 16.2. The molecule has 32 heteroatoms. The van der Waals surface area contributed by atoms with E-state index < -0.39 is 29.2 Å². The summed E-state index contributed by atoms with van der Waals surface area (Å²) < 4.78 is 80.8. The highest BCUT2D eigenvalue weighted by molar-refractivity contribution is 6.30. The van der Waals surface area contributed by atoms with Gasteiger partial charge in [0, 0.05) is 112 Å². The lowest BCUT2D eigenvalue weighted by Gasteiger charge is -2.10. The average molecular weight is 1480 g/mol. The van der Waals surface area contributed by atoms with Crippen molar-refractivity contribution in [1.29, 1.82) is 0 Å². The largest absolute Gasteiger partial charge is 0.463 e. The van der Waals surface area contributed by atoms with Crippen LogP contribution in [0.1, 0.15) is 115 Å². The van der Waals surface area contributed by atoms with Crippen molar-refractivity contribution < 1.29 is 26.7 Å². The highest BCUT2D eigenvalue weighted by atomic mass is 35.5. The fourth-order valence-electron chi connectivity index (χ4n) is 10.7. The minimum Gasteiger partial charge on any atom is -0.463 e. The number of anilines is 10. The van der Waals surface area contributed by atoms with E-state index >= 15 is 0 Å². The molecule has 1 aliphatic rings. The van der Waals surface area contributed by atoms with Crippen LogP contribution in [-0.4, -0.2) is 105 Å². The summed E-state index contributed by atoms with van der Waals surface area (Å²) >= 11 is 5.65. The fraction of sp³-hybridized carbons (Fsp3) is 0.267. The number of hydrogen-bond acceptors (Lipinski definition) is 21. The van der Waals surface area contributed by atoms with Crippen LogP contribution in [0.4, 0.5) is 79.5 Å². The Morgan fingerprint density at radius 1 is 0.467 bits per heavy atom. The molecule has 0 aliphatic heterocycles. The molecule has 0 amide bonds. The third-order valence-corrected chi connectivity index (χ3v) is 16.5. The van der Waals surface area contributed by atoms with Gasteiger partial charge in [0.1, 0.15) is 52.9 Å². The molecule has 107 heavy (non-hydrogen) atoms. The molecule has 5 aromatic carbocycles. The van der Waals surface area contributed by atoms with E-state index in [9.17, 15) is 22.0 Å². The summed E-state index contributed by atoms with van der Waals surface area (Å²) in [5.41, 5.74) is 11.3. The van der Waals surface area contributed by atoms with E-state index in [0.717, 1.165) is 82.1 Å². The predicted molar refractivity (Wildman–Crippen MR) is 401 cm³/mol. The molecule has 0 atom stereocenters. The van der Waals surface area contributed by atoms with Gasteiger partial charge in [0.2, 0.25) is 5.82 Å². The molecule has 1 fully saturated rings. The number of benzene rings is 5. The molecule has 0 saturated heterocycles. The van der Waals surface area contributed by atoms with Crippen molar-refractivity contribution >= 4 is 98.0 Å². The topological polar surface area (TPSA) is 285 Å². The molecule has 5 N–H and O–H groups in total. The van der Waals surface area contributed by atoms with E-state index in [1.165, 1.54) is 70.5 Å². The minimum absolute atomic E-state index is 0.00513. The van der Waals surface area contributed by atoms with Crippen molar-refractivity contribution in [1.82, 2.24) is 97.9 Å². The molecule has 0 unspecified atom stereocenters. The number of hydrogen-bond donors (Lipinski definition) is 5. The van der Waals surface area contributed by atoms with Gasteiger partial charge in [0.15, 0.2) is 11.6 Å². The van der Waals surface area contributed by atoms with Crippen LogP contribution in [0.15, 0.2) is 140 Å². The molecule has 10 aromatic heterocycles. The van der Waals surface area contributed by atoms with Crippen molar-refractivity contribution in [2.24, 2.45) is 5.92 Å². The van der Waals surface area contributed by atoms with Crippen molar-refractivity contribution in [3.8, 4) is 6.01 Å². The van der Waals surface area contributed by atoms with E-state index in [0.29, 0.717) is 76.1 Å². The first-order chi connectivity index (χ1) is 51.1. The van der Waals surface area contributed by atoms with Crippen molar-refractivity contribution in [2.75, 3.05) is 33.2 Å². The lowest BCUT2D eigenvalue weighted by atomic mass is 10.2. The zero-order valence-corrected chi connectivity index (χ0v) is 61.6. The number of alkyl halides is 2. The Labute approximate surface area is 616 Å². The van der Waals surface area contributed by atoms with Crippen LogP contribution < -0.4 is 31.3 Å². The highest BCUT2D eigenvalue weighted by Crippen LogP contribution is 2.33. The van der Waals surface area contributed by atoms with Crippen LogP contribution in [0.3, 0.4) is 0 Å². The van der Waals surface area contributed by atoms with E-state index in [4.69, 9.17) is 16.3 Å². The first-order valence-electron chi connectivity index (χ1n) is 34.2. The number of aromatic nitrogens is 20. The molecule has 1 aliphatic carbocycles. The second-order valence-electron chi connectivity index (χ2n) is 26.1. The summed E-state index contributed by atoms with van der Waals surface area (Å²) in [6, 6.07) is 40.8. The van der Waals surface area contributed by atoms with E-state index in [1.54, 1.807) is 40.2 Å². The molecule has 1 saturated carbocycles. The summed E-state index contributed by atoms with van der Waals surface area (Å²) in [7, 11) is 0. The van der Waals surface area contributed by atoms with Gasteiger partial charge < -0.3 is 31.3 Å². The van der Waals surface area contributed by atoms with Crippen LogP contribution >= 0.6 is 11.6 Å².